The van der Waals surface area contributed by atoms with Gasteiger partial charge in [0, 0.05) is 24.0 Å². The fourth-order valence-corrected chi connectivity index (χ4v) is 1.36. The van der Waals surface area contributed by atoms with Gasteiger partial charge in [0.25, 0.3) is 0 Å². The average Bonchev–Trinajstić information content (AvgIpc) is 2.16. The summed E-state index contributed by atoms with van der Waals surface area (Å²) in [5.41, 5.74) is 7.99. The van der Waals surface area contributed by atoms with E-state index in [-0.39, 0.29) is 5.41 Å². The van der Waals surface area contributed by atoms with Gasteiger partial charge in [-0.05, 0) is 19.4 Å². The predicted molar refractivity (Wildman–Crippen MR) is 69.6 cm³/mol. The molecule has 0 aromatic rings. The number of hydrogen-bond donors (Lipinski definition) is 1. The molecule has 0 bridgehead atoms. The van der Waals surface area contributed by atoms with Crippen LogP contribution in [0.5, 0.6) is 0 Å². The molecule has 0 amide bonds. The van der Waals surface area contributed by atoms with Crippen LogP contribution in [-0.4, -0.2) is 11.1 Å². The van der Waals surface area contributed by atoms with Crippen LogP contribution in [0.15, 0.2) is 40.6 Å². The highest BCUT2D eigenvalue weighted by Crippen LogP contribution is 2.27. The van der Waals surface area contributed by atoms with Crippen molar-refractivity contribution in [2.75, 3.05) is 0 Å². The summed E-state index contributed by atoms with van der Waals surface area (Å²) in [7, 11) is 0. The molecule has 0 radical (unpaired) electrons. The standard InChI is InChI=1S/C13H21N3/c1-6-7-16-9-10(2)8-15-12(16)11(14)13(3,4)5/h6-9H,14H2,1-5H3/b7-6-,12-11-. The van der Waals surface area contributed by atoms with Gasteiger partial charge < -0.3 is 10.6 Å². The van der Waals surface area contributed by atoms with Crippen LogP contribution in [-0.2, 0) is 0 Å². The minimum absolute atomic E-state index is 0.0778. The predicted octanol–water partition coefficient (Wildman–Crippen LogP) is 2.98. The first-order valence-electron chi connectivity index (χ1n) is 5.50. The van der Waals surface area contributed by atoms with Gasteiger partial charge in [-0.2, -0.15) is 0 Å². The zero-order chi connectivity index (χ0) is 12.3. The maximum Gasteiger partial charge on any atom is 0.156 e. The van der Waals surface area contributed by atoms with E-state index in [0.717, 1.165) is 17.1 Å². The zero-order valence-corrected chi connectivity index (χ0v) is 10.8. The maximum absolute atomic E-state index is 6.15. The van der Waals surface area contributed by atoms with Crippen LogP contribution in [0, 0.1) is 5.41 Å². The molecule has 1 aliphatic heterocycles. The number of allylic oxidation sites excluding steroid dienone is 3. The quantitative estimate of drug-likeness (QED) is 0.736. The summed E-state index contributed by atoms with van der Waals surface area (Å²) in [6, 6.07) is 0. The Morgan fingerprint density at radius 3 is 2.56 bits per heavy atom. The van der Waals surface area contributed by atoms with Crippen molar-refractivity contribution >= 4 is 6.21 Å². The SMILES string of the molecule is C/C=C\N1C=C(C)C=N/C1=C(/N)C(C)(C)C. The van der Waals surface area contributed by atoms with E-state index in [0.29, 0.717) is 0 Å². The first-order chi connectivity index (χ1) is 7.36. The van der Waals surface area contributed by atoms with Crippen LogP contribution in [0.1, 0.15) is 34.6 Å². The molecule has 0 aromatic carbocycles. The van der Waals surface area contributed by atoms with Crippen molar-refractivity contribution in [3.63, 3.8) is 0 Å². The Balaban J connectivity index is 3.19. The highest BCUT2D eigenvalue weighted by atomic mass is 15.2. The Kier molecular flexibility index (Phi) is 3.58. The van der Waals surface area contributed by atoms with Gasteiger partial charge in [0.1, 0.15) is 0 Å². The molecule has 1 rings (SSSR count). The molecule has 16 heavy (non-hydrogen) atoms. The van der Waals surface area contributed by atoms with Gasteiger partial charge in [-0.3, -0.25) is 0 Å². The van der Waals surface area contributed by atoms with Crippen molar-refractivity contribution in [1.29, 1.82) is 0 Å². The van der Waals surface area contributed by atoms with E-state index < -0.39 is 0 Å². The first-order valence-corrected chi connectivity index (χ1v) is 5.50. The van der Waals surface area contributed by atoms with E-state index in [2.05, 4.69) is 25.8 Å². The smallest absolute Gasteiger partial charge is 0.156 e. The molecule has 0 saturated carbocycles. The van der Waals surface area contributed by atoms with E-state index in [9.17, 15) is 0 Å². The van der Waals surface area contributed by atoms with E-state index in [1.807, 2.05) is 43.4 Å². The van der Waals surface area contributed by atoms with Crippen LogP contribution in [0.4, 0.5) is 0 Å². The van der Waals surface area contributed by atoms with Crippen molar-refractivity contribution in [2.45, 2.75) is 34.6 Å². The third-order valence-electron chi connectivity index (χ3n) is 2.34. The van der Waals surface area contributed by atoms with E-state index in [1.54, 1.807) is 0 Å². The summed E-state index contributed by atoms with van der Waals surface area (Å²) in [5, 5.41) is 0. The van der Waals surface area contributed by atoms with E-state index in [1.165, 1.54) is 0 Å². The number of nitrogens with zero attached hydrogens (tertiary/aromatic N) is 2. The monoisotopic (exact) mass is 219 g/mol. The Labute approximate surface area is 98.0 Å². The lowest BCUT2D eigenvalue weighted by molar-refractivity contribution is 0.463. The number of hydrogen-bond acceptors (Lipinski definition) is 3. The largest absolute Gasteiger partial charge is 0.399 e. The molecular formula is C13H21N3. The molecule has 1 heterocycles. The Hall–Kier alpha value is -1.51. The molecule has 0 aliphatic carbocycles. The normalized spacial score (nSPS) is 20.3. The van der Waals surface area contributed by atoms with Crippen molar-refractivity contribution in [2.24, 2.45) is 16.1 Å². The minimum atomic E-state index is -0.0778. The van der Waals surface area contributed by atoms with Crippen molar-refractivity contribution < 1.29 is 0 Å². The van der Waals surface area contributed by atoms with E-state index >= 15 is 0 Å². The van der Waals surface area contributed by atoms with Crippen molar-refractivity contribution in [1.82, 2.24) is 4.90 Å². The average molecular weight is 219 g/mol. The summed E-state index contributed by atoms with van der Waals surface area (Å²) in [6.07, 6.45) is 7.81. The van der Waals surface area contributed by atoms with Gasteiger partial charge >= 0.3 is 0 Å². The van der Waals surface area contributed by atoms with Gasteiger partial charge in [-0.1, -0.05) is 26.8 Å². The number of rotatable bonds is 1. The fraction of sp³-hybridized carbons (Fsp3) is 0.462. The molecule has 0 unspecified atom stereocenters. The molecule has 0 saturated heterocycles. The van der Waals surface area contributed by atoms with Gasteiger partial charge in [-0.15, -0.1) is 0 Å². The molecular weight excluding hydrogens is 198 g/mol. The lowest BCUT2D eigenvalue weighted by Gasteiger charge is -2.27. The fourth-order valence-electron chi connectivity index (χ4n) is 1.36. The molecule has 2 N–H and O–H groups in total. The molecule has 1 aliphatic rings. The Morgan fingerprint density at radius 2 is 2.06 bits per heavy atom. The Bertz CT molecular complexity index is 378. The second-order valence-electron chi connectivity index (χ2n) is 5.01. The van der Waals surface area contributed by atoms with Gasteiger partial charge in [0.05, 0.1) is 5.70 Å². The molecule has 0 aromatic heterocycles. The van der Waals surface area contributed by atoms with Crippen LogP contribution in [0.25, 0.3) is 0 Å². The first kappa shape index (κ1) is 12.6. The number of aliphatic imine (C=N–C) groups is 1. The molecule has 0 spiro atoms. The summed E-state index contributed by atoms with van der Waals surface area (Å²) in [5.74, 6) is 0.816. The highest BCUT2D eigenvalue weighted by Gasteiger charge is 2.21. The summed E-state index contributed by atoms with van der Waals surface area (Å²) in [4.78, 5) is 6.38. The second kappa shape index (κ2) is 4.56. The molecule has 3 heteroatoms. The summed E-state index contributed by atoms with van der Waals surface area (Å²) in [6.45, 7) is 10.3. The minimum Gasteiger partial charge on any atom is -0.399 e. The molecule has 0 fully saturated rings. The van der Waals surface area contributed by atoms with Gasteiger partial charge in [-0.25, -0.2) is 4.99 Å². The number of nitrogens with two attached hydrogens (primary N) is 1. The lowest BCUT2D eigenvalue weighted by Crippen LogP contribution is -2.25. The zero-order valence-electron chi connectivity index (χ0n) is 10.8. The van der Waals surface area contributed by atoms with Crippen LogP contribution in [0.2, 0.25) is 0 Å². The topological polar surface area (TPSA) is 41.6 Å². The Morgan fingerprint density at radius 1 is 1.44 bits per heavy atom. The van der Waals surface area contributed by atoms with E-state index in [4.69, 9.17) is 5.73 Å². The van der Waals surface area contributed by atoms with Gasteiger partial charge in [0.2, 0.25) is 0 Å². The van der Waals surface area contributed by atoms with Crippen LogP contribution in [0.3, 0.4) is 0 Å². The molecule has 88 valence electrons. The lowest BCUT2D eigenvalue weighted by atomic mass is 9.92. The highest BCUT2D eigenvalue weighted by molar-refractivity contribution is 5.79. The maximum atomic E-state index is 6.15. The summed E-state index contributed by atoms with van der Waals surface area (Å²) >= 11 is 0. The van der Waals surface area contributed by atoms with Crippen LogP contribution < -0.4 is 5.73 Å². The van der Waals surface area contributed by atoms with Crippen molar-refractivity contribution in [3.05, 3.63) is 35.6 Å². The molecule has 0 atom stereocenters. The molecule has 3 nitrogen and oxygen atoms in total. The van der Waals surface area contributed by atoms with Gasteiger partial charge in [0.15, 0.2) is 5.82 Å². The third kappa shape index (κ3) is 2.75. The van der Waals surface area contributed by atoms with Crippen molar-refractivity contribution in [3.8, 4) is 0 Å². The summed E-state index contributed by atoms with van der Waals surface area (Å²) < 4.78 is 0. The van der Waals surface area contributed by atoms with Crippen LogP contribution >= 0.6 is 0 Å². The third-order valence-corrected chi connectivity index (χ3v) is 2.34. The second-order valence-corrected chi connectivity index (χ2v) is 5.01.